The van der Waals surface area contributed by atoms with Gasteiger partial charge in [-0.15, -0.1) is 0 Å². The van der Waals surface area contributed by atoms with Gasteiger partial charge in [-0.05, 0) is 80.0 Å². The topological polar surface area (TPSA) is 43.1 Å². The molecule has 0 heterocycles. The van der Waals surface area contributed by atoms with E-state index in [1.54, 1.807) is 0 Å². The molecule has 4 rings (SSSR count). The average Bonchev–Trinajstić information content (AvgIpc) is 2.68. The summed E-state index contributed by atoms with van der Waals surface area (Å²) in [6, 6.07) is 0. The number of carbonyl (C=O) groups is 1. The molecule has 4 saturated carbocycles. The van der Waals surface area contributed by atoms with Gasteiger partial charge in [-0.3, -0.25) is 4.79 Å². The van der Waals surface area contributed by atoms with Crippen molar-refractivity contribution in [2.45, 2.75) is 71.6 Å². The lowest BCUT2D eigenvalue weighted by atomic mass is 9.41. The number of allylic oxidation sites excluding steroid dienone is 1. The lowest BCUT2D eigenvalue weighted by Gasteiger charge is -2.63. The molecule has 0 aromatic rings. The van der Waals surface area contributed by atoms with E-state index in [2.05, 4.69) is 20.4 Å². The Kier molecular flexibility index (Phi) is 2.95. The first-order chi connectivity index (χ1) is 10.3. The summed E-state index contributed by atoms with van der Waals surface area (Å²) in [4.78, 5) is 12.3. The molecule has 2 heteroatoms. The van der Waals surface area contributed by atoms with Crippen LogP contribution in [0.4, 0.5) is 0 Å². The Morgan fingerprint density at radius 3 is 2.64 bits per heavy atom. The molecule has 4 fully saturated rings. The monoisotopic (exact) mass is 301 g/mol. The van der Waals surface area contributed by atoms with Gasteiger partial charge in [-0.25, -0.2) is 0 Å². The summed E-state index contributed by atoms with van der Waals surface area (Å²) in [5.74, 6) is 2.02. The fourth-order valence-electron chi connectivity index (χ4n) is 7.65. The second-order valence-corrected chi connectivity index (χ2v) is 9.46. The lowest BCUT2D eigenvalue weighted by Crippen LogP contribution is -2.59. The number of primary amides is 1. The molecule has 0 radical (unpaired) electrons. The van der Waals surface area contributed by atoms with Gasteiger partial charge in [0.2, 0.25) is 5.91 Å². The molecular weight excluding hydrogens is 270 g/mol. The maximum Gasteiger partial charge on any atom is 0.223 e. The second-order valence-electron chi connectivity index (χ2n) is 9.46. The zero-order valence-corrected chi connectivity index (χ0v) is 14.3. The van der Waals surface area contributed by atoms with Crippen molar-refractivity contribution >= 4 is 5.91 Å². The summed E-state index contributed by atoms with van der Waals surface area (Å²) >= 11 is 0. The minimum absolute atomic E-state index is 0.0520. The number of hydrogen-bond acceptors (Lipinski definition) is 1. The molecule has 22 heavy (non-hydrogen) atoms. The summed E-state index contributed by atoms with van der Waals surface area (Å²) in [6.07, 6.45) is 11.3. The van der Waals surface area contributed by atoms with Crippen LogP contribution in [0.1, 0.15) is 71.6 Å². The van der Waals surface area contributed by atoms with Gasteiger partial charge >= 0.3 is 0 Å². The van der Waals surface area contributed by atoms with Gasteiger partial charge < -0.3 is 5.73 Å². The maximum absolute atomic E-state index is 12.3. The van der Waals surface area contributed by atoms with Gasteiger partial charge in [0.25, 0.3) is 0 Å². The second kappa shape index (κ2) is 4.39. The van der Waals surface area contributed by atoms with Gasteiger partial charge in [-0.1, -0.05) is 32.4 Å². The smallest absolute Gasteiger partial charge is 0.223 e. The van der Waals surface area contributed by atoms with E-state index in [1.807, 2.05) is 0 Å². The zero-order chi connectivity index (χ0) is 15.8. The Morgan fingerprint density at radius 2 is 1.91 bits per heavy atom. The predicted molar refractivity (Wildman–Crippen MR) is 89.0 cm³/mol. The van der Waals surface area contributed by atoms with E-state index in [0.717, 1.165) is 18.3 Å². The summed E-state index contributed by atoms with van der Waals surface area (Å²) in [6.45, 7) is 9.06. The van der Waals surface area contributed by atoms with Gasteiger partial charge in [0.05, 0.1) is 0 Å². The number of carbonyl (C=O) groups excluding carboxylic acids is 1. The van der Waals surface area contributed by atoms with E-state index >= 15 is 0 Å². The van der Waals surface area contributed by atoms with Crippen LogP contribution in [0.15, 0.2) is 12.2 Å². The molecule has 1 amide bonds. The standard InChI is InChI=1S/C20H31NO/c1-13-11-20-10-7-15-18(2,16(20)6-5-14(13)12-20)8-4-9-19(15,3)17(21)22/h14-16H,1,4-12H2,2-3H3,(H2,21,22)/t14-,15?,16?,18-,19-,20-/m1/s1. The SMILES string of the molecule is C=C1C[C@@]23CCC4[C@@](C)(CCC[C@@]4(C)C(N)=O)C2CC[C@@H]1C3. The van der Waals surface area contributed by atoms with Crippen LogP contribution in [0.5, 0.6) is 0 Å². The molecule has 2 N–H and O–H groups in total. The Hall–Kier alpha value is -0.790. The summed E-state index contributed by atoms with van der Waals surface area (Å²) in [7, 11) is 0. The molecule has 0 aliphatic heterocycles. The lowest BCUT2D eigenvalue weighted by molar-refractivity contribution is -0.165. The summed E-state index contributed by atoms with van der Waals surface area (Å²) in [5.41, 5.74) is 7.96. The Balaban J connectivity index is 1.75. The van der Waals surface area contributed by atoms with Crippen molar-refractivity contribution in [3.63, 3.8) is 0 Å². The molecule has 2 bridgehead atoms. The Labute approximate surface area is 134 Å². The number of amides is 1. The van der Waals surface area contributed by atoms with Crippen molar-refractivity contribution in [1.82, 2.24) is 0 Å². The van der Waals surface area contributed by atoms with Gasteiger partial charge in [0.15, 0.2) is 0 Å². The largest absolute Gasteiger partial charge is 0.369 e. The highest BCUT2D eigenvalue weighted by molar-refractivity contribution is 5.81. The minimum atomic E-state index is -0.277. The van der Waals surface area contributed by atoms with Crippen LogP contribution in [0, 0.1) is 34.0 Å². The van der Waals surface area contributed by atoms with Crippen molar-refractivity contribution in [1.29, 1.82) is 0 Å². The van der Waals surface area contributed by atoms with Crippen LogP contribution < -0.4 is 5.73 Å². The third-order valence-corrected chi connectivity index (χ3v) is 8.62. The number of fused-ring (bicyclic) bond motifs is 3. The highest BCUT2D eigenvalue weighted by atomic mass is 16.1. The fraction of sp³-hybridized carbons (Fsp3) is 0.850. The predicted octanol–water partition coefficient (Wildman–Crippen LogP) is 4.44. The van der Waals surface area contributed by atoms with E-state index < -0.39 is 0 Å². The van der Waals surface area contributed by atoms with Crippen molar-refractivity contribution in [2.75, 3.05) is 0 Å². The fourth-order valence-corrected chi connectivity index (χ4v) is 7.65. The Morgan fingerprint density at radius 1 is 1.14 bits per heavy atom. The van der Waals surface area contributed by atoms with Crippen LogP contribution in [-0.2, 0) is 4.79 Å². The highest BCUT2D eigenvalue weighted by Gasteiger charge is 2.64. The molecule has 122 valence electrons. The van der Waals surface area contributed by atoms with E-state index in [1.165, 1.54) is 56.9 Å². The third kappa shape index (κ3) is 1.65. The summed E-state index contributed by atoms with van der Waals surface area (Å²) < 4.78 is 0. The quantitative estimate of drug-likeness (QED) is 0.715. The maximum atomic E-state index is 12.3. The first-order valence-corrected chi connectivity index (χ1v) is 9.29. The average molecular weight is 301 g/mol. The molecule has 4 aliphatic carbocycles. The highest BCUT2D eigenvalue weighted by Crippen LogP contribution is 2.72. The Bertz CT molecular complexity index is 540. The van der Waals surface area contributed by atoms with Crippen LogP contribution in [0.25, 0.3) is 0 Å². The van der Waals surface area contributed by atoms with E-state index in [-0.39, 0.29) is 11.3 Å². The van der Waals surface area contributed by atoms with E-state index in [4.69, 9.17) is 5.73 Å². The van der Waals surface area contributed by atoms with Crippen molar-refractivity contribution in [3.05, 3.63) is 12.2 Å². The summed E-state index contributed by atoms with van der Waals surface area (Å²) in [5, 5.41) is 0. The molecule has 0 saturated heterocycles. The molecule has 1 spiro atoms. The van der Waals surface area contributed by atoms with Gasteiger partial charge in [0, 0.05) is 5.41 Å². The normalized spacial score (nSPS) is 53.7. The van der Waals surface area contributed by atoms with Crippen LogP contribution >= 0.6 is 0 Å². The van der Waals surface area contributed by atoms with Crippen LogP contribution in [0.2, 0.25) is 0 Å². The molecule has 4 aliphatic rings. The molecule has 0 aromatic heterocycles. The van der Waals surface area contributed by atoms with Crippen molar-refractivity contribution < 1.29 is 4.79 Å². The van der Waals surface area contributed by atoms with Crippen molar-refractivity contribution in [2.24, 2.45) is 39.7 Å². The van der Waals surface area contributed by atoms with Crippen LogP contribution in [0.3, 0.4) is 0 Å². The van der Waals surface area contributed by atoms with Crippen LogP contribution in [-0.4, -0.2) is 5.91 Å². The van der Waals surface area contributed by atoms with E-state index in [9.17, 15) is 4.79 Å². The van der Waals surface area contributed by atoms with Crippen molar-refractivity contribution in [3.8, 4) is 0 Å². The molecular formula is C20H31NO. The zero-order valence-electron chi connectivity index (χ0n) is 14.3. The van der Waals surface area contributed by atoms with E-state index in [0.29, 0.717) is 16.7 Å². The molecule has 0 aromatic carbocycles. The number of nitrogens with two attached hydrogens (primary N) is 1. The first kappa shape index (κ1) is 14.8. The van der Waals surface area contributed by atoms with Gasteiger partial charge in [-0.2, -0.15) is 0 Å². The number of rotatable bonds is 1. The van der Waals surface area contributed by atoms with Gasteiger partial charge in [0.1, 0.15) is 0 Å². The molecule has 2 unspecified atom stereocenters. The first-order valence-electron chi connectivity index (χ1n) is 9.29. The molecule has 2 nitrogen and oxygen atoms in total. The number of hydrogen-bond donors (Lipinski definition) is 1. The minimum Gasteiger partial charge on any atom is -0.369 e. The third-order valence-electron chi connectivity index (χ3n) is 8.62. The molecule has 6 atom stereocenters.